The Morgan fingerprint density at radius 3 is 2.56 bits per heavy atom. The van der Waals surface area contributed by atoms with Crippen molar-refractivity contribution in [3.8, 4) is 11.5 Å². The highest BCUT2D eigenvalue weighted by Gasteiger charge is 2.41. The molecule has 0 spiro atoms. The second-order valence-corrected chi connectivity index (χ2v) is 10.7. The lowest BCUT2D eigenvalue weighted by Crippen LogP contribution is -2.55. The summed E-state index contributed by atoms with van der Waals surface area (Å²) in [5, 5.41) is 32.9. The maximum atomic E-state index is 14.6. The van der Waals surface area contributed by atoms with Gasteiger partial charge in [0.15, 0.2) is 11.5 Å². The Kier molecular flexibility index (Phi) is 11.1. The molecule has 0 aromatic heterocycles. The van der Waals surface area contributed by atoms with Gasteiger partial charge in [-0.05, 0) is 52.4 Å². The van der Waals surface area contributed by atoms with Crippen molar-refractivity contribution in [2.45, 2.75) is 51.7 Å². The highest BCUT2D eigenvalue weighted by molar-refractivity contribution is 14.1. The molecule has 0 aliphatic heterocycles. The Hall–Kier alpha value is -2.74. The minimum absolute atomic E-state index is 0.0110. The summed E-state index contributed by atoms with van der Waals surface area (Å²) < 4.78 is 26.9. The van der Waals surface area contributed by atoms with E-state index < -0.39 is 35.9 Å². The van der Waals surface area contributed by atoms with Gasteiger partial charge in [0.25, 0.3) is 0 Å². The van der Waals surface area contributed by atoms with Gasteiger partial charge in [-0.3, -0.25) is 9.59 Å². The van der Waals surface area contributed by atoms with E-state index in [4.69, 9.17) is 9.47 Å². The summed E-state index contributed by atoms with van der Waals surface area (Å²) in [5.41, 5.74) is 1.12. The maximum absolute atomic E-state index is 14.6. The van der Waals surface area contributed by atoms with E-state index in [0.29, 0.717) is 20.6 Å². The number of benzene rings is 2. The number of hydrogen-bond acceptors (Lipinski definition) is 7. The van der Waals surface area contributed by atoms with Crippen LogP contribution in [0.2, 0.25) is 0 Å². The van der Waals surface area contributed by atoms with E-state index in [1.54, 1.807) is 44.2 Å². The molecule has 4 N–H and O–H groups in total. The van der Waals surface area contributed by atoms with E-state index in [1.807, 2.05) is 22.6 Å². The fourth-order valence-corrected chi connectivity index (χ4v) is 5.19. The Bertz CT molecular complexity index is 1210. The first-order chi connectivity index (χ1) is 18.6. The Morgan fingerprint density at radius 2 is 1.95 bits per heavy atom. The van der Waals surface area contributed by atoms with Crippen molar-refractivity contribution in [2.24, 2.45) is 5.92 Å². The number of carbonyl (C=O) groups is 2. The van der Waals surface area contributed by atoms with Crippen LogP contribution >= 0.6 is 22.6 Å². The van der Waals surface area contributed by atoms with E-state index in [-0.39, 0.29) is 49.8 Å². The Balaban J connectivity index is 2.06. The summed E-state index contributed by atoms with van der Waals surface area (Å²) in [7, 11) is 1.45. The van der Waals surface area contributed by atoms with E-state index >= 15 is 0 Å². The molecule has 3 rings (SSSR count). The molecule has 0 radical (unpaired) electrons. The van der Waals surface area contributed by atoms with Gasteiger partial charge in [-0.1, -0.05) is 32.0 Å². The SMILES string of the molecule is COc1cc(CO)cc(I)c1O[C@H]1C=C(C(=O)NCCO)C[C@@H](N(Cc2ccccc2F)C(=O)C(C)C)[C@@H]1O. The minimum Gasteiger partial charge on any atom is -0.493 e. The van der Waals surface area contributed by atoms with Crippen LogP contribution in [0.1, 0.15) is 31.4 Å². The molecule has 212 valence electrons. The third-order valence-corrected chi connectivity index (χ3v) is 7.22. The highest BCUT2D eigenvalue weighted by Crippen LogP contribution is 2.37. The molecule has 0 saturated carbocycles. The summed E-state index contributed by atoms with van der Waals surface area (Å²) in [6, 6.07) is 8.47. The largest absolute Gasteiger partial charge is 0.493 e. The standard InChI is InChI=1S/C28H34FIN2O7/c1-16(2)28(37)32(14-18-6-4-5-7-20(18)29)22-12-19(27(36)31-8-9-33)13-23(25(22)35)39-26-21(30)10-17(15-34)11-24(26)38-3/h4-7,10-11,13,16,22-23,25,33-35H,8-9,12,14-15H2,1-3H3,(H,31,36)/t22-,23+,25+/m1/s1. The molecule has 2 aromatic carbocycles. The normalized spacial score (nSPS) is 18.9. The van der Waals surface area contributed by atoms with Crippen LogP contribution in [0.25, 0.3) is 0 Å². The van der Waals surface area contributed by atoms with Crippen LogP contribution in [0.4, 0.5) is 4.39 Å². The zero-order chi connectivity index (χ0) is 28.7. The zero-order valence-electron chi connectivity index (χ0n) is 22.1. The van der Waals surface area contributed by atoms with Crippen molar-refractivity contribution < 1.29 is 38.8 Å². The number of halogens is 2. The van der Waals surface area contributed by atoms with Gasteiger partial charge in [-0.2, -0.15) is 0 Å². The summed E-state index contributed by atoms with van der Waals surface area (Å²) in [6.45, 7) is 2.85. The Labute approximate surface area is 240 Å². The van der Waals surface area contributed by atoms with E-state index in [0.717, 1.165) is 0 Å². The van der Waals surface area contributed by atoms with Crippen molar-refractivity contribution in [3.63, 3.8) is 0 Å². The summed E-state index contributed by atoms with van der Waals surface area (Å²) in [4.78, 5) is 27.8. The topological polar surface area (TPSA) is 129 Å². The lowest BCUT2D eigenvalue weighted by Gasteiger charge is -2.41. The third kappa shape index (κ3) is 7.47. The highest BCUT2D eigenvalue weighted by atomic mass is 127. The number of rotatable bonds is 11. The van der Waals surface area contributed by atoms with E-state index in [1.165, 1.54) is 24.2 Å². The van der Waals surface area contributed by atoms with Gasteiger partial charge >= 0.3 is 0 Å². The number of amides is 2. The summed E-state index contributed by atoms with van der Waals surface area (Å²) in [5.74, 6) is -1.14. The first kappa shape index (κ1) is 30.8. The van der Waals surface area contributed by atoms with Crippen LogP contribution < -0.4 is 14.8 Å². The number of aliphatic hydroxyl groups excluding tert-OH is 3. The van der Waals surface area contributed by atoms with Crippen molar-refractivity contribution in [3.05, 3.63) is 68.6 Å². The molecule has 2 aromatic rings. The molecule has 1 aliphatic carbocycles. The van der Waals surface area contributed by atoms with Crippen molar-refractivity contribution in [2.75, 3.05) is 20.3 Å². The number of hydrogen-bond donors (Lipinski definition) is 4. The first-order valence-corrected chi connectivity index (χ1v) is 13.6. The average molecular weight is 656 g/mol. The smallest absolute Gasteiger partial charge is 0.247 e. The van der Waals surface area contributed by atoms with Crippen LogP contribution in [0, 0.1) is 15.3 Å². The lowest BCUT2D eigenvalue weighted by atomic mass is 9.87. The predicted octanol–water partition coefficient (Wildman–Crippen LogP) is 2.53. The molecular formula is C28H34FIN2O7. The zero-order valence-corrected chi connectivity index (χ0v) is 24.2. The van der Waals surface area contributed by atoms with Crippen molar-refractivity contribution in [1.29, 1.82) is 0 Å². The molecule has 3 atom stereocenters. The fraction of sp³-hybridized carbons (Fsp3) is 0.429. The molecular weight excluding hydrogens is 622 g/mol. The first-order valence-electron chi connectivity index (χ1n) is 12.6. The van der Waals surface area contributed by atoms with Gasteiger partial charge in [-0.15, -0.1) is 0 Å². The van der Waals surface area contributed by atoms with Gasteiger partial charge < -0.3 is 35.0 Å². The van der Waals surface area contributed by atoms with Gasteiger partial charge in [0, 0.05) is 36.6 Å². The summed E-state index contributed by atoms with van der Waals surface area (Å²) >= 11 is 2.02. The Morgan fingerprint density at radius 1 is 1.23 bits per heavy atom. The molecule has 1 aliphatic rings. The number of methoxy groups -OCH3 is 1. The van der Waals surface area contributed by atoms with Crippen LogP contribution in [0.5, 0.6) is 11.5 Å². The maximum Gasteiger partial charge on any atom is 0.247 e. The average Bonchev–Trinajstić information content (AvgIpc) is 2.92. The van der Waals surface area contributed by atoms with Crippen LogP contribution in [-0.2, 0) is 22.7 Å². The second-order valence-electron chi connectivity index (χ2n) is 9.50. The number of nitrogens with zero attached hydrogens (tertiary/aromatic N) is 1. The molecule has 9 nitrogen and oxygen atoms in total. The molecule has 2 amide bonds. The third-order valence-electron chi connectivity index (χ3n) is 6.42. The van der Waals surface area contributed by atoms with Crippen molar-refractivity contribution >= 4 is 34.4 Å². The number of ether oxygens (including phenoxy) is 2. The van der Waals surface area contributed by atoms with Crippen LogP contribution in [-0.4, -0.2) is 70.5 Å². The number of nitrogens with one attached hydrogen (secondary N) is 1. The molecule has 0 bridgehead atoms. The molecule has 0 fully saturated rings. The van der Waals surface area contributed by atoms with Gasteiger partial charge in [0.1, 0.15) is 18.0 Å². The molecule has 11 heteroatoms. The quantitative estimate of drug-likeness (QED) is 0.274. The lowest BCUT2D eigenvalue weighted by molar-refractivity contribution is -0.142. The number of carbonyl (C=O) groups excluding carboxylic acids is 2. The fourth-order valence-electron chi connectivity index (χ4n) is 4.39. The molecule has 39 heavy (non-hydrogen) atoms. The van der Waals surface area contributed by atoms with Crippen molar-refractivity contribution in [1.82, 2.24) is 10.2 Å². The van der Waals surface area contributed by atoms with Gasteiger partial charge in [0.05, 0.1) is 29.9 Å². The van der Waals surface area contributed by atoms with Crippen LogP contribution in [0.3, 0.4) is 0 Å². The van der Waals surface area contributed by atoms with Gasteiger partial charge in [-0.25, -0.2) is 4.39 Å². The number of aliphatic hydroxyl groups is 3. The molecule has 0 saturated heterocycles. The van der Waals surface area contributed by atoms with Crippen LogP contribution in [0.15, 0.2) is 48.0 Å². The molecule has 0 unspecified atom stereocenters. The van der Waals surface area contributed by atoms with E-state index in [2.05, 4.69) is 5.32 Å². The van der Waals surface area contributed by atoms with E-state index in [9.17, 15) is 29.3 Å². The van der Waals surface area contributed by atoms with Gasteiger partial charge in [0.2, 0.25) is 11.8 Å². The monoisotopic (exact) mass is 656 g/mol. The minimum atomic E-state index is -1.29. The predicted molar refractivity (Wildman–Crippen MR) is 150 cm³/mol. The molecule has 0 heterocycles. The summed E-state index contributed by atoms with van der Waals surface area (Å²) in [6.07, 6.45) is -0.885. The second kappa shape index (κ2) is 14.1.